The van der Waals surface area contributed by atoms with Gasteiger partial charge in [0.2, 0.25) is 5.91 Å². The second-order valence-electron chi connectivity index (χ2n) is 6.13. The maximum atomic E-state index is 13.6. The van der Waals surface area contributed by atoms with Crippen LogP contribution in [-0.2, 0) is 9.59 Å². The summed E-state index contributed by atoms with van der Waals surface area (Å²) in [5.74, 6) is -1.25. The Kier molecular flexibility index (Phi) is 5.39. The molecule has 0 unspecified atom stereocenters. The topological polar surface area (TPSA) is 87.7 Å². The summed E-state index contributed by atoms with van der Waals surface area (Å²) < 4.78 is 18.8. The molecule has 2 aromatic carbocycles. The Balaban J connectivity index is 1.73. The van der Waals surface area contributed by atoms with Crippen LogP contribution in [0, 0.1) is 12.7 Å². The summed E-state index contributed by atoms with van der Waals surface area (Å²) in [6, 6.07) is 10.2. The third-order valence-corrected chi connectivity index (χ3v) is 4.19. The van der Waals surface area contributed by atoms with Gasteiger partial charge in [0.25, 0.3) is 5.91 Å². The van der Waals surface area contributed by atoms with Gasteiger partial charge in [-0.3, -0.25) is 9.59 Å². The standard InChI is InChI=1S/C20H18FN3O4/c1-12-9-14(28-2)8-7-13(12)10-17-19(26)24(20(27)23-17)11-18(25)22-16-6-4-3-5-15(16)21/h3-10H,11H2,1-2H3,(H,22,25)(H,23,27)/b17-10+. The molecule has 8 heteroatoms. The number of amides is 4. The fourth-order valence-electron chi connectivity index (χ4n) is 2.70. The molecule has 0 atom stereocenters. The minimum absolute atomic E-state index is 0.0239. The molecule has 1 saturated heterocycles. The average molecular weight is 383 g/mol. The highest BCUT2D eigenvalue weighted by atomic mass is 19.1. The number of ether oxygens (including phenoxy) is 1. The third-order valence-electron chi connectivity index (χ3n) is 4.19. The largest absolute Gasteiger partial charge is 0.497 e. The Bertz CT molecular complexity index is 987. The second kappa shape index (κ2) is 7.91. The van der Waals surface area contributed by atoms with Crippen molar-refractivity contribution in [2.24, 2.45) is 0 Å². The van der Waals surface area contributed by atoms with Gasteiger partial charge in [0.05, 0.1) is 12.8 Å². The third kappa shape index (κ3) is 4.01. The zero-order chi connectivity index (χ0) is 20.3. The first-order valence-electron chi connectivity index (χ1n) is 8.42. The van der Waals surface area contributed by atoms with Crippen LogP contribution >= 0.6 is 0 Å². The zero-order valence-corrected chi connectivity index (χ0v) is 15.3. The number of methoxy groups -OCH3 is 1. The zero-order valence-electron chi connectivity index (χ0n) is 15.3. The van der Waals surface area contributed by atoms with Gasteiger partial charge in [0, 0.05) is 0 Å². The van der Waals surface area contributed by atoms with Crippen LogP contribution in [0.4, 0.5) is 14.9 Å². The molecular weight excluding hydrogens is 365 g/mol. The number of para-hydroxylation sites is 1. The number of hydrogen-bond donors (Lipinski definition) is 2. The summed E-state index contributed by atoms with van der Waals surface area (Å²) in [6.07, 6.45) is 1.53. The van der Waals surface area contributed by atoms with Gasteiger partial charge in [-0.05, 0) is 48.4 Å². The molecule has 0 spiro atoms. The number of nitrogens with one attached hydrogen (secondary N) is 2. The van der Waals surface area contributed by atoms with Gasteiger partial charge in [0.15, 0.2) is 0 Å². The van der Waals surface area contributed by atoms with Crippen LogP contribution in [-0.4, -0.2) is 36.4 Å². The molecule has 1 heterocycles. The molecule has 0 aliphatic carbocycles. The van der Waals surface area contributed by atoms with Gasteiger partial charge in [-0.1, -0.05) is 18.2 Å². The van der Waals surface area contributed by atoms with Crippen molar-refractivity contribution >= 4 is 29.6 Å². The summed E-state index contributed by atoms with van der Waals surface area (Å²) in [5, 5.41) is 4.80. The molecule has 0 radical (unpaired) electrons. The molecule has 0 bridgehead atoms. The molecule has 1 aliphatic heterocycles. The van der Waals surface area contributed by atoms with Crippen LogP contribution in [0.1, 0.15) is 11.1 Å². The number of nitrogens with zero attached hydrogens (tertiary/aromatic N) is 1. The van der Waals surface area contributed by atoms with E-state index in [0.29, 0.717) is 5.75 Å². The van der Waals surface area contributed by atoms with E-state index in [-0.39, 0.29) is 11.4 Å². The quantitative estimate of drug-likeness (QED) is 0.614. The van der Waals surface area contributed by atoms with Gasteiger partial charge >= 0.3 is 6.03 Å². The maximum Gasteiger partial charge on any atom is 0.329 e. The lowest BCUT2D eigenvalue weighted by molar-refractivity contribution is -0.127. The van der Waals surface area contributed by atoms with Crippen LogP contribution in [0.2, 0.25) is 0 Å². The SMILES string of the molecule is COc1ccc(/C=C2/NC(=O)N(CC(=O)Nc3ccccc3F)C2=O)c(C)c1. The number of halogens is 1. The van der Waals surface area contributed by atoms with Gasteiger partial charge in [-0.2, -0.15) is 0 Å². The summed E-state index contributed by atoms with van der Waals surface area (Å²) in [6.45, 7) is 1.31. The molecule has 3 rings (SSSR count). The molecule has 4 amide bonds. The van der Waals surface area contributed by atoms with Gasteiger partial charge in [-0.15, -0.1) is 0 Å². The molecular formula is C20H18FN3O4. The number of carbonyl (C=O) groups excluding carboxylic acids is 3. The van der Waals surface area contributed by atoms with Gasteiger partial charge < -0.3 is 15.4 Å². The number of hydrogen-bond acceptors (Lipinski definition) is 4. The van der Waals surface area contributed by atoms with Crippen LogP contribution in [0.3, 0.4) is 0 Å². The number of imide groups is 1. The number of rotatable bonds is 5. The minimum Gasteiger partial charge on any atom is -0.497 e. The Morgan fingerprint density at radius 2 is 2.00 bits per heavy atom. The minimum atomic E-state index is -0.717. The monoisotopic (exact) mass is 383 g/mol. The smallest absolute Gasteiger partial charge is 0.329 e. The van der Waals surface area contributed by atoms with Crippen molar-refractivity contribution in [3.63, 3.8) is 0 Å². The van der Waals surface area contributed by atoms with E-state index < -0.39 is 30.2 Å². The molecule has 7 nitrogen and oxygen atoms in total. The van der Waals surface area contributed by atoms with E-state index in [0.717, 1.165) is 16.0 Å². The molecule has 2 N–H and O–H groups in total. The molecule has 0 aromatic heterocycles. The van der Waals surface area contributed by atoms with E-state index in [9.17, 15) is 18.8 Å². The highest BCUT2D eigenvalue weighted by Crippen LogP contribution is 2.21. The second-order valence-corrected chi connectivity index (χ2v) is 6.13. The van der Waals surface area contributed by atoms with E-state index in [1.54, 1.807) is 31.4 Å². The van der Waals surface area contributed by atoms with Gasteiger partial charge in [0.1, 0.15) is 23.8 Å². The van der Waals surface area contributed by atoms with Gasteiger partial charge in [-0.25, -0.2) is 14.1 Å². The van der Waals surface area contributed by atoms with Crippen molar-refractivity contribution < 1.29 is 23.5 Å². The fourth-order valence-corrected chi connectivity index (χ4v) is 2.70. The Morgan fingerprint density at radius 3 is 2.68 bits per heavy atom. The summed E-state index contributed by atoms with van der Waals surface area (Å²) >= 11 is 0. The lowest BCUT2D eigenvalue weighted by atomic mass is 10.1. The number of urea groups is 1. The van der Waals surface area contributed by atoms with Crippen molar-refractivity contribution in [2.45, 2.75) is 6.92 Å². The van der Waals surface area contributed by atoms with Crippen LogP contribution in [0.5, 0.6) is 5.75 Å². The van der Waals surface area contributed by atoms with Crippen molar-refractivity contribution in [3.05, 3.63) is 65.1 Å². The summed E-state index contributed by atoms with van der Waals surface area (Å²) in [7, 11) is 1.55. The summed E-state index contributed by atoms with van der Waals surface area (Å²) in [4.78, 5) is 37.5. The highest BCUT2D eigenvalue weighted by molar-refractivity contribution is 6.16. The summed E-state index contributed by atoms with van der Waals surface area (Å²) in [5.41, 5.74) is 1.60. The first kappa shape index (κ1) is 19.1. The number of carbonyl (C=O) groups is 3. The normalized spacial score (nSPS) is 15.0. The molecule has 144 valence electrons. The van der Waals surface area contributed by atoms with E-state index in [1.807, 2.05) is 6.92 Å². The van der Waals surface area contributed by atoms with Crippen LogP contribution in [0.25, 0.3) is 6.08 Å². The molecule has 0 saturated carbocycles. The Hall–Kier alpha value is -3.68. The molecule has 1 aliphatic rings. The van der Waals surface area contributed by atoms with Crippen LogP contribution in [0.15, 0.2) is 48.2 Å². The maximum absolute atomic E-state index is 13.6. The van der Waals surface area contributed by atoms with E-state index in [1.165, 1.54) is 24.3 Å². The molecule has 2 aromatic rings. The fraction of sp³-hybridized carbons (Fsp3) is 0.150. The lowest BCUT2D eigenvalue weighted by Gasteiger charge is -2.12. The van der Waals surface area contributed by atoms with E-state index in [4.69, 9.17) is 4.74 Å². The number of benzene rings is 2. The first-order chi connectivity index (χ1) is 13.4. The van der Waals surface area contributed by atoms with Crippen molar-refractivity contribution in [2.75, 3.05) is 19.0 Å². The molecule has 1 fully saturated rings. The Labute approximate surface area is 160 Å². The van der Waals surface area contributed by atoms with Crippen molar-refractivity contribution in [1.82, 2.24) is 10.2 Å². The lowest BCUT2D eigenvalue weighted by Crippen LogP contribution is -2.38. The number of aryl methyl sites for hydroxylation is 1. The number of anilines is 1. The highest BCUT2D eigenvalue weighted by Gasteiger charge is 2.35. The molecule has 28 heavy (non-hydrogen) atoms. The predicted octanol–water partition coefficient (Wildman–Crippen LogP) is 2.67. The van der Waals surface area contributed by atoms with Crippen molar-refractivity contribution in [3.8, 4) is 5.75 Å². The van der Waals surface area contributed by atoms with E-state index in [2.05, 4.69) is 10.6 Å². The van der Waals surface area contributed by atoms with Crippen LogP contribution < -0.4 is 15.4 Å². The first-order valence-corrected chi connectivity index (χ1v) is 8.42. The average Bonchev–Trinajstić information content (AvgIpc) is 2.92. The Morgan fingerprint density at radius 1 is 1.25 bits per heavy atom. The van der Waals surface area contributed by atoms with E-state index >= 15 is 0 Å². The predicted molar refractivity (Wildman–Crippen MR) is 101 cm³/mol. The van der Waals surface area contributed by atoms with Crippen molar-refractivity contribution in [1.29, 1.82) is 0 Å².